The highest BCUT2D eigenvalue weighted by Gasteiger charge is 2.44. The van der Waals surface area contributed by atoms with Crippen molar-refractivity contribution in [2.24, 2.45) is 4.99 Å². The third kappa shape index (κ3) is 7.21. The van der Waals surface area contributed by atoms with E-state index >= 15 is 0 Å². The average Bonchev–Trinajstić information content (AvgIpc) is 3.51. The van der Waals surface area contributed by atoms with E-state index in [4.69, 9.17) is 0 Å². The van der Waals surface area contributed by atoms with Crippen LogP contribution in [0.25, 0.3) is 0 Å². The number of benzene rings is 2. The summed E-state index contributed by atoms with van der Waals surface area (Å²) in [7, 11) is -1.76. The summed E-state index contributed by atoms with van der Waals surface area (Å²) >= 11 is 0. The summed E-state index contributed by atoms with van der Waals surface area (Å²) in [5, 5.41) is 6.27. The van der Waals surface area contributed by atoms with E-state index in [1.54, 1.807) is 19.2 Å². The molecule has 0 atom stereocenters. The van der Waals surface area contributed by atoms with E-state index in [0.29, 0.717) is 12.5 Å². The van der Waals surface area contributed by atoms with Crippen molar-refractivity contribution in [1.29, 1.82) is 0 Å². The Kier molecular flexibility index (Phi) is 9.05. The van der Waals surface area contributed by atoms with Gasteiger partial charge in [-0.3, -0.25) is 4.99 Å². The summed E-state index contributed by atoms with van der Waals surface area (Å²) in [4.78, 5) is 4.15. The summed E-state index contributed by atoms with van der Waals surface area (Å²) in [5.41, 5.74) is 1.81. The number of nitrogens with one attached hydrogen (secondary N) is 3. The zero-order valence-electron chi connectivity index (χ0n) is 16.9. The monoisotopic (exact) mass is 546 g/mol. The Morgan fingerprint density at radius 3 is 2.47 bits per heavy atom. The fraction of sp³-hybridized carbons (Fsp3) is 0.381. The van der Waals surface area contributed by atoms with Gasteiger partial charge in [-0.15, -0.1) is 24.0 Å². The molecule has 0 spiro atoms. The van der Waals surface area contributed by atoms with E-state index in [2.05, 4.69) is 20.3 Å². The molecular formula is C21H28FIN4O2S. The maximum atomic E-state index is 13.5. The molecule has 0 bridgehead atoms. The van der Waals surface area contributed by atoms with Crippen LogP contribution in [0.3, 0.4) is 0 Å². The maximum absolute atomic E-state index is 13.5. The van der Waals surface area contributed by atoms with Gasteiger partial charge < -0.3 is 10.6 Å². The number of hydrogen-bond acceptors (Lipinski definition) is 3. The second kappa shape index (κ2) is 11.1. The number of hydrogen-bond donors (Lipinski definition) is 3. The zero-order valence-corrected chi connectivity index (χ0v) is 20.0. The lowest BCUT2D eigenvalue weighted by Gasteiger charge is -2.19. The van der Waals surface area contributed by atoms with Gasteiger partial charge >= 0.3 is 0 Å². The van der Waals surface area contributed by atoms with Crippen molar-refractivity contribution in [3.05, 3.63) is 71.5 Å². The minimum absolute atomic E-state index is 0. The minimum Gasteiger partial charge on any atom is -0.356 e. The van der Waals surface area contributed by atoms with E-state index in [1.165, 1.54) is 6.07 Å². The second-order valence-corrected chi connectivity index (χ2v) is 9.20. The fourth-order valence-corrected chi connectivity index (χ4v) is 4.08. The van der Waals surface area contributed by atoms with E-state index in [9.17, 15) is 12.8 Å². The predicted octanol–water partition coefficient (Wildman–Crippen LogP) is 2.76. The first kappa shape index (κ1) is 24.5. The summed E-state index contributed by atoms with van der Waals surface area (Å²) < 4.78 is 40.5. The van der Waals surface area contributed by atoms with Crippen molar-refractivity contribution in [3.63, 3.8) is 0 Å². The lowest BCUT2D eigenvalue weighted by atomic mass is 9.96. The van der Waals surface area contributed by atoms with Crippen LogP contribution in [0.5, 0.6) is 0 Å². The van der Waals surface area contributed by atoms with Crippen LogP contribution in [-0.4, -0.2) is 40.3 Å². The van der Waals surface area contributed by atoms with Crippen LogP contribution >= 0.6 is 24.0 Å². The van der Waals surface area contributed by atoms with Crippen LogP contribution in [0, 0.1) is 5.82 Å². The Hall–Kier alpha value is -1.72. The molecule has 2 aromatic rings. The zero-order chi connectivity index (χ0) is 20.7. The summed E-state index contributed by atoms with van der Waals surface area (Å²) in [6.45, 7) is 1.12. The van der Waals surface area contributed by atoms with Crippen LogP contribution in [-0.2, 0) is 22.0 Å². The first-order valence-electron chi connectivity index (χ1n) is 9.64. The highest BCUT2D eigenvalue weighted by molar-refractivity contribution is 14.0. The van der Waals surface area contributed by atoms with E-state index in [-0.39, 0.29) is 54.1 Å². The van der Waals surface area contributed by atoms with Gasteiger partial charge in [-0.25, -0.2) is 17.5 Å². The van der Waals surface area contributed by atoms with Gasteiger partial charge in [0.05, 0.1) is 5.75 Å². The van der Waals surface area contributed by atoms with Crippen molar-refractivity contribution >= 4 is 40.0 Å². The van der Waals surface area contributed by atoms with Crippen molar-refractivity contribution in [1.82, 2.24) is 15.4 Å². The number of halogens is 2. The largest absolute Gasteiger partial charge is 0.356 e. The van der Waals surface area contributed by atoms with Crippen molar-refractivity contribution < 1.29 is 12.8 Å². The third-order valence-electron chi connectivity index (χ3n) is 5.11. The van der Waals surface area contributed by atoms with Crippen molar-refractivity contribution in [2.45, 2.75) is 24.8 Å². The molecule has 2 aromatic carbocycles. The predicted molar refractivity (Wildman–Crippen MR) is 129 cm³/mol. The smallest absolute Gasteiger partial charge is 0.213 e. The molecule has 0 heterocycles. The molecule has 1 fully saturated rings. The van der Waals surface area contributed by atoms with Gasteiger partial charge in [0.1, 0.15) is 5.82 Å². The molecule has 0 aliphatic heterocycles. The Morgan fingerprint density at radius 1 is 1.10 bits per heavy atom. The van der Waals surface area contributed by atoms with Crippen LogP contribution in [0.4, 0.5) is 4.39 Å². The molecular weight excluding hydrogens is 518 g/mol. The number of aliphatic imine (C=N–C) groups is 1. The Balaban J connectivity index is 0.00000320. The molecule has 3 rings (SSSR count). The molecule has 0 aromatic heterocycles. The lowest BCUT2D eigenvalue weighted by Crippen LogP contribution is -2.43. The first-order chi connectivity index (χ1) is 13.9. The second-order valence-electron chi connectivity index (χ2n) is 7.27. The summed E-state index contributed by atoms with van der Waals surface area (Å²) in [6.07, 6.45) is 1.97. The normalized spacial score (nSPS) is 15.2. The molecule has 1 saturated carbocycles. The van der Waals surface area contributed by atoms with Crippen molar-refractivity contribution in [3.8, 4) is 0 Å². The highest BCUT2D eigenvalue weighted by Crippen LogP contribution is 2.47. The molecule has 30 heavy (non-hydrogen) atoms. The molecule has 0 radical (unpaired) electrons. The van der Waals surface area contributed by atoms with Crippen LogP contribution in [0.2, 0.25) is 0 Å². The molecule has 164 valence electrons. The van der Waals surface area contributed by atoms with Gasteiger partial charge in [0, 0.05) is 32.1 Å². The summed E-state index contributed by atoms with van der Waals surface area (Å²) in [5.74, 6) is 0.241. The van der Waals surface area contributed by atoms with E-state index < -0.39 is 10.0 Å². The maximum Gasteiger partial charge on any atom is 0.213 e. The fourth-order valence-electron chi connectivity index (χ4n) is 3.18. The van der Waals surface area contributed by atoms with E-state index in [0.717, 1.165) is 24.0 Å². The van der Waals surface area contributed by atoms with Crippen molar-refractivity contribution in [2.75, 3.05) is 25.9 Å². The molecule has 6 nitrogen and oxygen atoms in total. The lowest BCUT2D eigenvalue weighted by molar-refractivity contribution is 0.579. The topological polar surface area (TPSA) is 82.6 Å². The van der Waals surface area contributed by atoms with Gasteiger partial charge in [-0.1, -0.05) is 42.5 Å². The molecule has 1 aliphatic carbocycles. The van der Waals surface area contributed by atoms with Crippen LogP contribution in [0.15, 0.2) is 59.6 Å². The number of nitrogens with zero attached hydrogens (tertiary/aromatic N) is 1. The average molecular weight is 546 g/mol. The van der Waals surface area contributed by atoms with Gasteiger partial charge in [-0.2, -0.15) is 0 Å². The van der Waals surface area contributed by atoms with Gasteiger partial charge in [0.2, 0.25) is 10.0 Å². The Bertz CT molecular complexity index is 950. The Labute approximate surface area is 194 Å². The van der Waals surface area contributed by atoms with Crippen LogP contribution < -0.4 is 15.4 Å². The minimum atomic E-state index is -3.40. The standard InChI is InChI=1S/C21H27FN4O2S.HI/c1-23-20(25-16-21(10-11-21)18-8-5-9-19(22)14-18)24-12-13-29(27,28)26-15-17-6-3-2-4-7-17;/h2-9,14,26H,10-13,15-16H2,1H3,(H2,23,24,25);1H. The first-order valence-corrected chi connectivity index (χ1v) is 11.3. The number of rotatable bonds is 9. The van der Waals surface area contributed by atoms with E-state index in [1.807, 2.05) is 36.4 Å². The molecule has 0 amide bonds. The highest BCUT2D eigenvalue weighted by atomic mass is 127. The van der Waals surface area contributed by atoms with Gasteiger partial charge in [-0.05, 0) is 36.1 Å². The van der Waals surface area contributed by atoms with Gasteiger partial charge in [0.15, 0.2) is 5.96 Å². The molecule has 9 heteroatoms. The third-order valence-corrected chi connectivity index (χ3v) is 6.44. The Morgan fingerprint density at radius 2 is 1.83 bits per heavy atom. The van der Waals surface area contributed by atoms with Gasteiger partial charge in [0.25, 0.3) is 0 Å². The molecule has 0 unspecified atom stereocenters. The quantitative estimate of drug-likeness (QED) is 0.257. The molecule has 0 saturated heterocycles. The molecule has 3 N–H and O–H groups in total. The number of sulfonamides is 1. The molecule has 1 aliphatic rings. The number of guanidine groups is 1. The van der Waals surface area contributed by atoms with Crippen LogP contribution in [0.1, 0.15) is 24.0 Å². The summed E-state index contributed by atoms with van der Waals surface area (Å²) in [6, 6.07) is 16.1. The SMILES string of the molecule is CN=C(NCCS(=O)(=O)NCc1ccccc1)NCC1(c2cccc(F)c2)CC1.I.